The predicted molar refractivity (Wildman–Crippen MR) is 52.5 cm³/mol. The Bertz CT molecular complexity index is 226. The van der Waals surface area contributed by atoms with Crippen molar-refractivity contribution < 1.29 is 59.7 Å². The standard InChI is InChI=1S/C7H9BO2.4ClH.2Mg/c1-6-2-4-7(5-3-6)8(9)10;;;;;;/h2-5,9-10H,1H3;4*1H;;/q;;;;;2*+2/p-4. The molecule has 0 amide bonds. The molecule has 0 bridgehead atoms. The van der Waals surface area contributed by atoms with Gasteiger partial charge in [-0.05, 0) is 12.4 Å². The van der Waals surface area contributed by atoms with Crippen molar-refractivity contribution in [2.75, 3.05) is 0 Å². The Labute approximate surface area is 153 Å². The molecule has 0 spiro atoms. The van der Waals surface area contributed by atoms with Crippen LogP contribution in [0.3, 0.4) is 0 Å². The van der Waals surface area contributed by atoms with Gasteiger partial charge in [0.25, 0.3) is 0 Å². The summed E-state index contributed by atoms with van der Waals surface area (Å²) in [6, 6.07) is 7.07. The van der Waals surface area contributed by atoms with Crippen molar-refractivity contribution in [1.29, 1.82) is 0 Å². The first-order valence-electron chi connectivity index (χ1n) is 3.13. The van der Waals surface area contributed by atoms with Crippen LogP contribution in [-0.2, 0) is 0 Å². The van der Waals surface area contributed by atoms with Crippen LogP contribution in [0.2, 0.25) is 0 Å². The Hall–Kier alpha value is 1.90. The van der Waals surface area contributed by atoms with Gasteiger partial charge in [0.2, 0.25) is 0 Å². The molecule has 1 aromatic rings. The summed E-state index contributed by atoms with van der Waals surface area (Å²) >= 11 is 0. The number of aryl methyl sites for hydroxylation is 1. The predicted octanol–water partition coefficient (Wildman–Crippen LogP) is -13.1. The molecule has 1 aromatic carbocycles. The molecule has 0 unspecified atom stereocenters. The molecule has 2 nitrogen and oxygen atoms in total. The average molecular weight is 326 g/mol. The molecule has 0 fully saturated rings. The summed E-state index contributed by atoms with van der Waals surface area (Å²) < 4.78 is 0. The monoisotopic (exact) mass is 324 g/mol. The van der Waals surface area contributed by atoms with E-state index >= 15 is 0 Å². The van der Waals surface area contributed by atoms with Crippen LogP contribution in [-0.4, -0.2) is 63.3 Å². The summed E-state index contributed by atoms with van der Waals surface area (Å²) in [4.78, 5) is 0. The van der Waals surface area contributed by atoms with Crippen LogP contribution in [0, 0.1) is 6.92 Å². The third kappa shape index (κ3) is 14.0. The van der Waals surface area contributed by atoms with Crippen LogP contribution in [0.5, 0.6) is 0 Å². The first-order valence-corrected chi connectivity index (χ1v) is 3.13. The molecule has 0 heterocycles. The maximum absolute atomic E-state index is 8.67. The average Bonchev–Trinajstić information content (AvgIpc) is 1.88. The summed E-state index contributed by atoms with van der Waals surface area (Å²) in [6.45, 7) is 1.95. The largest absolute Gasteiger partial charge is 2.00 e. The molecule has 9 heteroatoms. The maximum atomic E-state index is 8.67. The molecule has 2 N–H and O–H groups in total. The van der Waals surface area contributed by atoms with Gasteiger partial charge in [0.1, 0.15) is 0 Å². The first-order chi connectivity index (χ1) is 4.70. The summed E-state index contributed by atoms with van der Waals surface area (Å²) in [6.07, 6.45) is 0. The van der Waals surface area contributed by atoms with Crippen LogP contribution in [0.1, 0.15) is 5.56 Å². The minimum Gasteiger partial charge on any atom is -1.00 e. The van der Waals surface area contributed by atoms with E-state index in [2.05, 4.69) is 0 Å². The van der Waals surface area contributed by atoms with Crippen LogP contribution in [0.15, 0.2) is 24.3 Å². The van der Waals surface area contributed by atoms with Gasteiger partial charge in [0.05, 0.1) is 0 Å². The van der Waals surface area contributed by atoms with Gasteiger partial charge in [-0.3, -0.25) is 0 Å². The van der Waals surface area contributed by atoms with E-state index in [9.17, 15) is 0 Å². The minimum atomic E-state index is -1.35. The van der Waals surface area contributed by atoms with Crippen molar-refractivity contribution in [3.63, 3.8) is 0 Å². The molecule has 16 heavy (non-hydrogen) atoms. The molecule has 0 aromatic heterocycles. The molecule has 1 rings (SSSR count). The van der Waals surface area contributed by atoms with E-state index in [0.717, 1.165) is 5.56 Å². The summed E-state index contributed by atoms with van der Waals surface area (Å²) in [5.74, 6) is 0. The van der Waals surface area contributed by atoms with Crippen LogP contribution < -0.4 is 55.1 Å². The van der Waals surface area contributed by atoms with Crippen molar-refractivity contribution in [2.24, 2.45) is 0 Å². The van der Waals surface area contributed by atoms with Crippen molar-refractivity contribution in [2.45, 2.75) is 6.92 Å². The Morgan fingerprint density at radius 3 is 1.38 bits per heavy atom. The molecule has 0 aliphatic heterocycles. The van der Waals surface area contributed by atoms with E-state index in [1.807, 2.05) is 19.1 Å². The number of benzene rings is 1. The van der Waals surface area contributed by atoms with Crippen molar-refractivity contribution in [3.8, 4) is 0 Å². The van der Waals surface area contributed by atoms with Crippen molar-refractivity contribution >= 4 is 58.7 Å². The fourth-order valence-corrected chi connectivity index (χ4v) is 0.739. The van der Waals surface area contributed by atoms with Crippen LogP contribution >= 0.6 is 0 Å². The van der Waals surface area contributed by atoms with Crippen LogP contribution in [0.4, 0.5) is 0 Å². The SMILES string of the molecule is Cc1ccc(B(O)O)cc1.[Cl-].[Cl-].[Cl-].[Cl-].[Mg+2].[Mg+2]. The third-order valence-corrected chi connectivity index (χ3v) is 1.38. The smallest absolute Gasteiger partial charge is 1.00 e. The molecule has 84 valence electrons. The first kappa shape index (κ1) is 36.1. The molecular weight excluding hydrogens is 317 g/mol. The summed E-state index contributed by atoms with van der Waals surface area (Å²) in [5, 5.41) is 17.3. The zero-order valence-electron chi connectivity index (χ0n) is 8.71. The van der Waals surface area contributed by atoms with E-state index < -0.39 is 7.12 Å². The van der Waals surface area contributed by atoms with Crippen LogP contribution in [0.25, 0.3) is 0 Å². The van der Waals surface area contributed by atoms with Gasteiger partial charge < -0.3 is 59.7 Å². The van der Waals surface area contributed by atoms with Gasteiger partial charge in [0, 0.05) is 0 Å². The van der Waals surface area contributed by atoms with Gasteiger partial charge in [0.15, 0.2) is 0 Å². The molecule has 0 radical (unpaired) electrons. The number of hydrogen-bond donors (Lipinski definition) is 2. The molecule has 0 atom stereocenters. The van der Waals surface area contributed by atoms with Gasteiger partial charge in [-0.1, -0.05) is 29.8 Å². The Balaban J connectivity index is -0.0000000417. The zero-order valence-corrected chi connectivity index (χ0v) is 14.6. The Kier molecular flexibility index (Phi) is 43.4. The van der Waals surface area contributed by atoms with Gasteiger partial charge in [-0.15, -0.1) is 0 Å². The second-order valence-electron chi connectivity index (χ2n) is 2.28. The van der Waals surface area contributed by atoms with E-state index in [0.29, 0.717) is 5.46 Å². The van der Waals surface area contributed by atoms with E-state index in [1.54, 1.807) is 12.1 Å². The van der Waals surface area contributed by atoms with Gasteiger partial charge >= 0.3 is 53.2 Å². The topological polar surface area (TPSA) is 40.5 Å². The minimum absolute atomic E-state index is 0. The second-order valence-corrected chi connectivity index (χ2v) is 2.28. The molecular formula is C7H9BCl4Mg2O2. The number of hydrogen-bond acceptors (Lipinski definition) is 2. The molecule has 0 saturated heterocycles. The Morgan fingerprint density at radius 1 is 0.812 bits per heavy atom. The molecule has 0 aliphatic carbocycles. The van der Waals surface area contributed by atoms with E-state index in [1.165, 1.54) is 0 Å². The number of halogens is 4. The van der Waals surface area contributed by atoms with E-state index in [4.69, 9.17) is 10.0 Å². The fourth-order valence-electron chi connectivity index (χ4n) is 0.739. The molecule has 0 aliphatic rings. The second kappa shape index (κ2) is 19.2. The maximum Gasteiger partial charge on any atom is 2.00 e. The fraction of sp³-hybridized carbons (Fsp3) is 0.143. The summed E-state index contributed by atoms with van der Waals surface area (Å²) in [5.41, 5.74) is 1.65. The van der Waals surface area contributed by atoms with Gasteiger partial charge in [-0.25, -0.2) is 0 Å². The number of rotatable bonds is 1. The quantitative estimate of drug-likeness (QED) is 0.503. The summed E-state index contributed by atoms with van der Waals surface area (Å²) in [7, 11) is -1.35. The zero-order chi connectivity index (χ0) is 7.56. The van der Waals surface area contributed by atoms with Crippen molar-refractivity contribution in [3.05, 3.63) is 29.8 Å². The molecule has 0 saturated carbocycles. The normalized spacial score (nSPS) is 5.94. The Morgan fingerprint density at radius 2 is 1.12 bits per heavy atom. The third-order valence-electron chi connectivity index (χ3n) is 1.38. The van der Waals surface area contributed by atoms with Gasteiger partial charge in [-0.2, -0.15) is 0 Å². The van der Waals surface area contributed by atoms with E-state index in [-0.39, 0.29) is 95.7 Å². The van der Waals surface area contributed by atoms with Crippen molar-refractivity contribution in [1.82, 2.24) is 0 Å².